The van der Waals surface area contributed by atoms with Gasteiger partial charge >= 0.3 is 5.97 Å². The summed E-state index contributed by atoms with van der Waals surface area (Å²) in [6, 6.07) is 0.485. The summed E-state index contributed by atoms with van der Waals surface area (Å²) >= 11 is 0. The topological polar surface area (TPSA) is 44.8 Å². The molecule has 1 fully saturated rings. The average Bonchev–Trinajstić information content (AvgIpc) is 2.33. The predicted octanol–water partition coefficient (Wildman–Crippen LogP) is -0.0589. The lowest BCUT2D eigenvalue weighted by Crippen LogP contribution is -2.53. The van der Waals surface area contributed by atoms with E-state index in [9.17, 15) is 4.79 Å². The highest BCUT2D eigenvalue weighted by Crippen LogP contribution is 2.04. The van der Waals surface area contributed by atoms with Gasteiger partial charge in [-0.3, -0.25) is 4.90 Å². The molecule has 0 aliphatic carbocycles. The molecule has 0 bridgehead atoms. The molecule has 1 unspecified atom stereocenters. The Kier molecular flexibility index (Phi) is 6.32. The fraction of sp³-hybridized carbons (Fsp3) is 0.769. The van der Waals surface area contributed by atoms with E-state index in [-0.39, 0.29) is 5.97 Å². The van der Waals surface area contributed by atoms with Gasteiger partial charge in [-0.15, -0.1) is 0 Å². The van der Waals surface area contributed by atoms with Crippen LogP contribution in [-0.4, -0.2) is 75.2 Å². The lowest BCUT2D eigenvalue weighted by Gasteiger charge is -2.37. The number of ether oxygens (including phenoxy) is 1. The number of nitrogens with zero attached hydrogens (tertiary/aromatic N) is 2. The summed E-state index contributed by atoms with van der Waals surface area (Å²) < 4.78 is 4.89. The van der Waals surface area contributed by atoms with Crippen molar-refractivity contribution >= 4 is 5.97 Å². The second-order valence-corrected chi connectivity index (χ2v) is 4.85. The molecular weight excluding hydrogens is 230 g/mol. The molecule has 1 N–H and O–H groups in total. The highest BCUT2D eigenvalue weighted by molar-refractivity contribution is 5.88. The first-order chi connectivity index (χ1) is 8.54. The summed E-state index contributed by atoms with van der Waals surface area (Å²) in [4.78, 5) is 16.0. The number of nitrogens with one attached hydrogen (secondary N) is 1. The zero-order valence-electron chi connectivity index (χ0n) is 11.7. The van der Waals surface area contributed by atoms with E-state index in [4.69, 9.17) is 4.74 Å². The van der Waals surface area contributed by atoms with E-state index < -0.39 is 0 Å². The largest absolute Gasteiger partial charge is 0.463 e. The van der Waals surface area contributed by atoms with Crippen molar-refractivity contribution in [1.29, 1.82) is 0 Å². The molecule has 0 radical (unpaired) electrons. The first kappa shape index (κ1) is 15.1. The molecule has 0 spiro atoms. The Morgan fingerprint density at radius 2 is 2.17 bits per heavy atom. The van der Waals surface area contributed by atoms with E-state index in [2.05, 4.69) is 35.8 Å². The van der Waals surface area contributed by atoms with Crippen molar-refractivity contribution in [2.45, 2.75) is 13.0 Å². The minimum Gasteiger partial charge on any atom is -0.463 e. The van der Waals surface area contributed by atoms with Gasteiger partial charge in [-0.1, -0.05) is 6.58 Å². The summed E-state index contributed by atoms with van der Waals surface area (Å²) in [7, 11) is 4.27. The maximum absolute atomic E-state index is 11.4. The van der Waals surface area contributed by atoms with Crippen molar-refractivity contribution < 1.29 is 9.53 Å². The maximum atomic E-state index is 11.4. The summed E-state index contributed by atoms with van der Waals surface area (Å²) in [5, 5.41) is 3.28. The van der Waals surface area contributed by atoms with Crippen molar-refractivity contribution in [3.05, 3.63) is 12.2 Å². The number of hydrogen-bond donors (Lipinski definition) is 1. The van der Waals surface area contributed by atoms with Gasteiger partial charge in [0.25, 0.3) is 0 Å². The number of carbonyl (C=O) groups excluding carboxylic acids is 1. The molecule has 1 atom stereocenters. The fourth-order valence-corrected chi connectivity index (χ4v) is 2.02. The van der Waals surface area contributed by atoms with Gasteiger partial charge in [0.15, 0.2) is 0 Å². The zero-order valence-corrected chi connectivity index (χ0v) is 11.7. The summed E-state index contributed by atoms with van der Waals surface area (Å²) in [5.74, 6) is -0.306. The van der Waals surface area contributed by atoms with Crippen LogP contribution in [0.5, 0.6) is 0 Å². The Balaban J connectivity index is 2.24. The van der Waals surface area contributed by atoms with Gasteiger partial charge in [-0.2, -0.15) is 0 Å². The molecule has 1 heterocycles. The SMILES string of the molecule is C=C(CNCC1CN(C)CCN1C)C(=O)OCC. The van der Waals surface area contributed by atoms with E-state index >= 15 is 0 Å². The fourth-order valence-electron chi connectivity index (χ4n) is 2.02. The average molecular weight is 255 g/mol. The van der Waals surface area contributed by atoms with E-state index in [1.54, 1.807) is 6.92 Å². The molecule has 1 saturated heterocycles. The van der Waals surface area contributed by atoms with Crippen LogP contribution in [-0.2, 0) is 9.53 Å². The van der Waals surface area contributed by atoms with Crippen LogP contribution in [0.25, 0.3) is 0 Å². The van der Waals surface area contributed by atoms with Gasteiger partial charge < -0.3 is 15.0 Å². The molecule has 5 nitrogen and oxygen atoms in total. The second kappa shape index (κ2) is 7.51. The number of hydrogen-bond acceptors (Lipinski definition) is 5. The van der Waals surface area contributed by atoms with Crippen molar-refractivity contribution in [1.82, 2.24) is 15.1 Å². The van der Waals surface area contributed by atoms with Crippen LogP contribution < -0.4 is 5.32 Å². The number of piperazine rings is 1. The van der Waals surface area contributed by atoms with Crippen LogP contribution in [0.3, 0.4) is 0 Å². The third kappa shape index (κ3) is 4.76. The second-order valence-electron chi connectivity index (χ2n) is 4.85. The maximum Gasteiger partial charge on any atom is 0.334 e. The Labute approximate surface area is 110 Å². The third-order valence-electron chi connectivity index (χ3n) is 3.26. The standard InChI is InChI=1S/C13H25N3O2/c1-5-18-13(17)11(2)8-14-9-12-10-15(3)6-7-16(12)4/h12,14H,2,5-10H2,1,3-4H3. The smallest absolute Gasteiger partial charge is 0.334 e. The highest BCUT2D eigenvalue weighted by atomic mass is 16.5. The molecular formula is C13H25N3O2. The quantitative estimate of drug-likeness (QED) is 0.532. The summed E-state index contributed by atoms with van der Waals surface area (Å²) in [6.45, 7) is 10.5. The molecule has 0 aromatic rings. The molecule has 1 rings (SSSR count). The minimum absolute atomic E-state index is 0.306. The normalized spacial score (nSPS) is 21.8. The molecule has 0 aromatic heterocycles. The first-order valence-corrected chi connectivity index (χ1v) is 6.49. The number of rotatable bonds is 6. The molecule has 104 valence electrons. The Morgan fingerprint density at radius 1 is 1.44 bits per heavy atom. The van der Waals surface area contributed by atoms with Crippen molar-refractivity contribution in [2.75, 3.05) is 53.4 Å². The van der Waals surface area contributed by atoms with Crippen LogP contribution in [0, 0.1) is 0 Å². The summed E-state index contributed by atoms with van der Waals surface area (Å²) in [6.07, 6.45) is 0. The Hall–Kier alpha value is -0.910. The third-order valence-corrected chi connectivity index (χ3v) is 3.26. The molecule has 0 aromatic carbocycles. The van der Waals surface area contributed by atoms with Crippen LogP contribution >= 0.6 is 0 Å². The summed E-state index contributed by atoms with van der Waals surface area (Å²) in [5.41, 5.74) is 0.490. The monoisotopic (exact) mass is 255 g/mol. The Bertz CT molecular complexity index is 294. The van der Waals surface area contributed by atoms with Crippen LogP contribution in [0.2, 0.25) is 0 Å². The van der Waals surface area contributed by atoms with Crippen molar-refractivity contribution in [3.8, 4) is 0 Å². The van der Waals surface area contributed by atoms with Crippen molar-refractivity contribution in [2.24, 2.45) is 0 Å². The molecule has 18 heavy (non-hydrogen) atoms. The zero-order chi connectivity index (χ0) is 13.5. The van der Waals surface area contributed by atoms with Gasteiger partial charge in [0.1, 0.15) is 0 Å². The molecule has 5 heteroatoms. The van der Waals surface area contributed by atoms with E-state index in [1.807, 2.05) is 0 Å². The van der Waals surface area contributed by atoms with Gasteiger partial charge in [-0.25, -0.2) is 4.79 Å². The van der Waals surface area contributed by atoms with Gasteiger partial charge in [0.05, 0.1) is 6.61 Å². The lowest BCUT2D eigenvalue weighted by atomic mass is 10.2. The van der Waals surface area contributed by atoms with Crippen LogP contribution in [0.4, 0.5) is 0 Å². The Morgan fingerprint density at radius 3 is 2.83 bits per heavy atom. The lowest BCUT2D eigenvalue weighted by molar-refractivity contribution is -0.138. The number of esters is 1. The van der Waals surface area contributed by atoms with Crippen LogP contribution in [0.1, 0.15) is 6.92 Å². The molecule has 1 aliphatic rings. The van der Waals surface area contributed by atoms with E-state index in [1.165, 1.54) is 0 Å². The van der Waals surface area contributed by atoms with Crippen LogP contribution in [0.15, 0.2) is 12.2 Å². The predicted molar refractivity (Wildman–Crippen MR) is 72.6 cm³/mol. The van der Waals surface area contributed by atoms with Gasteiger partial charge in [0.2, 0.25) is 0 Å². The van der Waals surface area contributed by atoms with E-state index in [0.29, 0.717) is 24.8 Å². The number of likely N-dealkylation sites (N-methyl/N-ethyl adjacent to an activating group) is 2. The van der Waals surface area contributed by atoms with Gasteiger partial charge in [-0.05, 0) is 21.0 Å². The molecule has 1 aliphatic heterocycles. The van der Waals surface area contributed by atoms with Gasteiger partial charge in [0, 0.05) is 44.3 Å². The molecule has 0 saturated carbocycles. The molecule has 0 amide bonds. The number of carbonyl (C=O) groups is 1. The van der Waals surface area contributed by atoms with Crippen molar-refractivity contribution in [3.63, 3.8) is 0 Å². The van der Waals surface area contributed by atoms with E-state index in [0.717, 1.165) is 26.2 Å². The highest BCUT2D eigenvalue weighted by Gasteiger charge is 2.21. The minimum atomic E-state index is -0.306. The first-order valence-electron chi connectivity index (χ1n) is 6.49.